The third kappa shape index (κ3) is 4.10. The van der Waals surface area contributed by atoms with E-state index in [1.807, 2.05) is 24.3 Å². The second kappa shape index (κ2) is 6.73. The van der Waals surface area contributed by atoms with Crippen molar-refractivity contribution < 1.29 is 9.66 Å². The van der Waals surface area contributed by atoms with Gasteiger partial charge in [-0.2, -0.15) is 0 Å². The van der Waals surface area contributed by atoms with Crippen LogP contribution < -0.4 is 4.74 Å². The van der Waals surface area contributed by atoms with Crippen LogP contribution >= 0.6 is 11.6 Å². The van der Waals surface area contributed by atoms with Gasteiger partial charge in [-0.15, -0.1) is 0 Å². The lowest BCUT2D eigenvalue weighted by molar-refractivity contribution is -0.400. The van der Waals surface area contributed by atoms with Gasteiger partial charge in [-0.3, -0.25) is 10.1 Å². The Balaban J connectivity index is 2.11. The van der Waals surface area contributed by atoms with Crippen LogP contribution in [-0.2, 0) is 6.61 Å². The first-order chi connectivity index (χ1) is 9.65. The summed E-state index contributed by atoms with van der Waals surface area (Å²) in [6.07, 6.45) is 2.30. The fourth-order valence-electron chi connectivity index (χ4n) is 1.68. The highest BCUT2D eigenvalue weighted by molar-refractivity contribution is 6.30. The maximum Gasteiger partial charge on any atom is 0.235 e. The van der Waals surface area contributed by atoms with Crippen LogP contribution in [0.3, 0.4) is 0 Å². The maximum atomic E-state index is 10.4. The van der Waals surface area contributed by atoms with E-state index in [9.17, 15) is 10.1 Å². The number of rotatable bonds is 5. The van der Waals surface area contributed by atoms with E-state index >= 15 is 0 Å². The Hall–Kier alpha value is -2.33. The van der Waals surface area contributed by atoms with E-state index in [2.05, 4.69) is 0 Å². The van der Waals surface area contributed by atoms with Gasteiger partial charge in [0, 0.05) is 16.7 Å². The molecule has 2 aromatic rings. The molecule has 2 rings (SSSR count). The van der Waals surface area contributed by atoms with Crippen LogP contribution in [0, 0.1) is 10.1 Å². The molecule has 0 spiro atoms. The zero-order chi connectivity index (χ0) is 14.4. The number of hydrogen-bond acceptors (Lipinski definition) is 3. The molecule has 102 valence electrons. The Labute approximate surface area is 121 Å². The lowest BCUT2D eigenvalue weighted by Crippen LogP contribution is -1.97. The van der Waals surface area contributed by atoms with E-state index in [0.717, 1.165) is 11.8 Å². The van der Waals surface area contributed by atoms with Crippen LogP contribution in [-0.4, -0.2) is 4.92 Å². The number of benzene rings is 2. The third-order valence-electron chi connectivity index (χ3n) is 2.58. The first-order valence-electron chi connectivity index (χ1n) is 5.93. The van der Waals surface area contributed by atoms with Crippen molar-refractivity contribution in [1.29, 1.82) is 0 Å². The molecule has 0 amide bonds. The van der Waals surface area contributed by atoms with Crippen molar-refractivity contribution in [2.75, 3.05) is 0 Å². The Morgan fingerprint density at radius 2 is 2.00 bits per heavy atom. The molecule has 0 aliphatic carbocycles. The molecule has 2 aromatic carbocycles. The largest absolute Gasteiger partial charge is 0.488 e. The lowest BCUT2D eigenvalue weighted by atomic mass is 10.2. The zero-order valence-corrected chi connectivity index (χ0v) is 11.3. The third-order valence-corrected chi connectivity index (χ3v) is 2.81. The van der Waals surface area contributed by atoms with Crippen LogP contribution in [0.4, 0.5) is 0 Å². The van der Waals surface area contributed by atoms with Gasteiger partial charge in [-0.1, -0.05) is 41.9 Å². The monoisotopic (exact) mass is 289 g/mol. The minimum atomic E-state index is -0.506. The van der Waals surface area contributed by atoms with Crippen LogP contribution in [0.25, 0.3) is 6.08 Å². The average molecular weight is 290 g/mol. The summed E-state index contributed by atoms with van der Waals surface area (Å²) in [5.41, 5.74) is 1.59. The van der Waals surface area contributed by atoms with Gasteiger partial charge >= 0.3 is 0 Å². The molecule has 0 heterocycles. The number of nitrogens with zero attached hydrogens (tertiary/aromatic N) is 1. The van der Waals surface area contributed by atoms with Crippen LogP contribution in [0.5, 0.6) is 5.75 Å². The molecular formula is C15H12ClNO3. The van der Waals surface area contributed by atoms with Crippen LogP contribution in [0.2, 0.25) is 5.02 Å². The van der Waals surface area contributed by atoms with Crippen LogP contribution in [0.1, 0.15) is 11.1 Å². The Bertz CT molecular complexity index is 641. The van der Waals surface area contributed by atoms with Crippen molar-refractivity contribution in [3.05, 3.63) is 81.0 Å². The lowest BCUT2D eigenvalue weighted by Gasteiger charge is -2.09. The number of ether oxygens (including phenoxy) is 1. The van der Waals surface area contributed by atoms with E-state index in [1.165, 1.54) is 6.08 Å². The van der Waals surface area contributed by atoms with Crippen molar-refractivity contribution >= 4 is 17.7 Å². The normalized spacial score (nSPS) is 10.7. The van der Waals surface area contributed by atoms with Crippen molar-refractivity contribution in [2.45, 2.75) is 6.61 Å². The van der Waals surface area contributed by atoms with Crippen LogP contribution in [0.15, 0.2) is 54.7 Å². The number of halogens is 1. The SMILES string of the molecule is O=[N+]([O-])/C=C/c1ccccc1OCc1cccc(Cl)c1. The van der Waals surface area contributed by atoms with Gasteiger partial charge in [0.15, 0.2) is 0 Å². The standard InChI is InChI=1S/C15H12ClNO3/c16-14-6-3-4-12(10-14)11-20-15-7-2-1-5-13(15)8-9-17(18)19/h1-10H,11H2/b9-8+. The first kappa shape index (κ1) is 14.1. The summed E-state index contributed by atoms with van der Waals surface area (Å²) in [6, 6.07) is 14.5. The Kier molecular flexibility index (Phi) is 4.74. The predicted octanol–water partition coefficient (Wildman–Crippen LogP) is 4.17. The Morgan fingerprint density at radius 1 is 1.20 bits per heavy atom. The summed E-state index contributed by atoms with van der Waals surface area (Å²) in [7, 11) is 0. The molecule has 0 atom stereocenters. The topological polar surface area (TPSA) is 52.4 Å². The van der Waals surface area contributed by atoms with Crippen molar-refractivity contribution in [2.24, 2.45) is 0 Å². The smallest absolute Gasteiger partial charge is 0.235 e. The molecule has 0 fully saturated rings. The molecule has 20 heavy (non-hydrogen) atoms. The van der Waals surface area contributed by atoms with E-state index < -0.39 is 4.92 Å². The molecule has 0 N–H and O–H groups in total. The molecule has 0 aromatic heterocycles. The second-order valence-electron chi connectivity index (χ2n) is 4.06. The van der Waals surface area contributed by atoms with Gasteiger partial charge in [-0.05, 0) is 23.8 Å². The molecule has 0 radical (unpaired) electrons. The van der Waals surface area contributed by atoms with Crippen molar-refractivity contribution in [3.63, 3.8) is 0 Å². The van der Waals surface area contributed by atoms with Gasteiger partial charge in [0.2, 0.25) is 6.20 Å². The van der Waals surface area contributed by atoms with Gasteiger partial charge in [-0.25, -0.2) is 0 Å². The zero-order valence-electron chi connectivity index (χ0n) is 10.5. The van der Waals surface area contributed by atoms with Gasteiger partial charge in [0.1, 0.15) is 12.4 Å². The maximum absolute atomic E-state index is 10.4. The summed E-state index contributed by atoms with van der Waals surface area (Å²) in [4.78, 5) is 9.86. The first-order valence-corrected chi connectivity index (χ1v) is 6.31. The highest BCUT2D eigenvalue weighted by Gasteiger charge is 2.02. The van der Waals surface area contributed by atoms with Crippen molar-refractivity contribution in [3.8, 4) is 5.75 Å². The summed E-state index contributed by atoms with van der Waals surface area (Å²) in [5.74, 6) is 0.588. The summed E-state index contributed by atoms with van der Waals surface area (Å²) >= 11 is 5.90. The molecule has 4 nitrogen and oxygen atoms in total. The highest BCUT2D eigenvalue weighted by Crippen LogP contribution is 2.21. The predicted molar refractivity (Wildman–Crippen MR) is 78.3 cm³/mol. The summed E-state index contributed by atoms with van der Waals surface area (Å²) < 4.78 is 5.68. The van der Waals surface area contributed by atoms with Gasteiger partial charge in [0.25, 0.3) is 0 Å². The van der Waals surface area contributed by atoms with Crippen molar-refractivity contribution in [1.82, 2.24) is 0 Å². The van der Waals surface area contributed by atoms with E-state index in [-0.39, 0.29) is 0 Å². The highest BCUT2D eigenvalue weighted by atomic mass is 35.5. The molecule has 0 bridgehead atoms. The molecule has 0 aliphatic rings. The number of nitro groups is 1. The number of para-hydroxylation sites is 1. The quantitative estimate of drug-likeness (QED) is 0.613. The second-order valence-corrected chi connectivity index (χ2v) is 4.49. The molecule has 5 heteroatoms. The van der Waals surface area contributed by atoms with E-state index in [1.54, 1.807) is 24.3 Å². The fraction of sp³-hybridized carbons (Fsp3) is 0.0667. The minimum absolute atomic E-state index is 0.351. The summed E-state index contributed by atoms with van der Waals surface area (Å²) in [5, 5.41) is 11.0. The fourth-order valence-corrected chi connectivity index (χ4v) is 1.89. The van der Waals surface area contributed by atoms with Gasteiger partial charge in [0.05, 0.1) is 4.92 Å². The number of hydrogen-bond donors (Lipinski definition) is 0. The summed E-state index contributed by atoms with van der Waals surface area (Å²) in [6.45, 7) is 0.351. The van der Waals surface area contributed by atoms with E-state index in [0.29, 0.717) is 22.9 Å². The Morgan fingerprint density at radius 3 is 2.75 bits per heavy atom. The molecule has 0 unspecified atom stereocenters. The molecule has 0 saturated carbocycles. The minimum Gasteiger partial charge on any atom is -0.488 e. The average Bonchev–Trinajstić information content (AvgIpc) is 2.44. The van der Waals surface area contributed by atoms with Gasteiger partial charge < -0.3 is 4.74 Å². The van der Waals surface area contributed by atoms with E-state index in [4.69, 9.17) is 16.3 Å². The molecule has 0 aliphatic heterocycles. The molecule has 0 saturated heterocycles. The molecular weight excluding hydrogens is 278 g/mol.